The summed E-state index contributed by atoms with van der Waals surface area (Å²) in [4.78, 5) is 50.6. The Morgan fingerprint density at radius 1 is 1.09 bits per heavy atom. The molecule has 18 nitrogen and oxygen atoms in total. The van der Waals surface area contributed by atoms with Gasteiger partial charge in [0.2, 0.25) is 0 Å². The number of nitriles is 1. The first kappa shape index (κ1) is 40.7. The Labute approximate surface area is 325 Å². The molecular weight excluding hydrogens is 775 g/mol. The number of para-hydroxylation sites is 1. The maximum atomic E-state index is 14.5. The van der Waals surface area contributed by atoms with Gasteiger partial charge in [-0.25, -0.2) is 19.5 Å². The highest BCUT2D eigenvalue weighted by molar-refractivity contribution is 7.49. The van der Waals surface area contributed by atoms with Gasteiger partial charge in [-0.05, 0) is 49.7 Å². The number of carbonyl (C=O) groups is 3. The van der Waals surface area contributed by atoms with E-state index in [1.165, 1.54) is 43.4 Å². The number of halogens is 1. The smallest absolute Gasteiger partial charge is 0.497 e. The van der Waals surface area contributed by atoms with Crippen molar-refractivity contribution in [3.8, 4) is 17.6 Å². The van der Waals surface area contributed by atoms with E-state index in [1.807, 2.05) is 6.07 Å². The number of esters is 1. The summed E-state index contributed by atoms with van der Waals surface area (Å²) in [6.07, 6.45) is -2.25. The predicted octanol–water partition coefficient (Wildman–Crippen LogP) is 5.57. The number of anilines is 1. The lowest BCUT2D eigenvalue weighted by Crippen LogP contribution is -2.40. The second-order valence-corrected chi connectivity index (χ2v) is 14.5. The number of hydrogen-bond donors (Lipinski definition) is 1. The van der Waals surface area contributed by atoms with E-state index in [1.54, 1.807) is 36.4 Å². The van der Waals surface area contributed by atoms with E-state index in [-0.39, 0.29) is 59.4 Å². The number of Topliss-reactive ketones (excluding diaryl/α,β-unsaturated/α-hetero) is 1. The third-order valence-corrected chi connectivity index (χ3v) is 10.3. The molecule has 2 fully saturated rings. The van der Waals surface area contributed by atoms with Gasteiger partial charge in [-0.2, -0.15) is 5.26 Å². The summed E-state index contributed by atoms with van der Waals surface area (Å²) in [5, 5.41) is 12.1. The Balaban J connectivity index is 1.36. The first-order valence-electron chi connectivity index (χ1n) is 17.5. The van der Waals surface area contributed by atoms with Gasteiger partial charge >= 0.3 is 13.8 Å². The van der Waals surface area contributed by atoms with E-state index >= 15 is 0 Å². The lowest BCUT2D eigenvalue weighted by molar-refractivity contribution is -0.180. The molecule has 6 atom stereocenters. The number of phosphoric acid groups is 1. The number of ketones is 1. The molecule has 2 aliphatic heterocycles. The predicted molar refractivity (Wildman–Crippen MR) is 196 cm³/mol. The van der Waals surface area contributed by atoms with Gasteiger partial charge in [-0.15, -0.1) is 0 Å². The van der Waals surface area contributed by atoms with Crippen LogP contribution in [0.2, 0.25) is 5.02 Å². The van der Waals surface area contributed by atoms with E-state index in [2.05, 4.69) is 20.3 Å². The fourth-order valence-corrected chi connectivity index (χ4v) is 7.47. The van der Waals surface area contributed by atoms with Crippen LogP contribution in [0.4, 0.5) is 5.82 Å². The summed E-state index contributed by atoms with van der Waals surface area (Å²) in [6, 6.07) is 14.6. The number of amides is 1. The van der Waals surface area contributed by atoms with Gasteiger partial charge in [0.05, 0.1) is 44.0 Å². The van der Waals surface area contributed by atoms with E-state index in [4.69, 9.17) is 48.9 Å². The van der Waals surface area contributed by atoms with Crippen LogP contribution >= 0.6 is 19.4 Å². The Bertz CT molecular complexity index is 2110. The summed E-state index contributed by atoms with van der Waals surface area (Å²) in [5.41, 5.74) is 0.731. The highest BCUT2D eigenvalue weighted by Crippen LogP contribution is 2.55. The quantitative estimate of drug-likeness (QED) is 0.0736. The van der Waals surface area contributed by atoms with Crippen LogP contribution in [0.25, 0.3) is 11.2 Å². The lowest BCUT2D eigenvalue weighted by atomic mass is 10.1. The van der Waals surface area contributed by atoms with Gasteiger partial charge in [-0.3, -0.25) is 23.2 Å². The highest BCUT2D eigenvalue weighted by atomic mass is 35.5. The van der Waals surface area contributed by atoms with Gasteiger partial charge in [-0.1, -0.05) is 23.7 Å². The Morgan fingerprint density at radius 2 is 1.89 bits per heavy atom. The zero-order valence-corrected chi connectivity index (χ0v) is 31.9. The maximum Gasteiger partial charge on any atom is 0.530 e. The monoisotopic (exact) mass is 812 g/mol. The van der Waals surface area contributed by atoms with Gasteiger partial charge < -0.3 is 38.3 Å². The number of phosphoric ester groups is 1. The molecule has 2 aromatic heterocycles. The van der Waals surface area contributed by atoms with E-state index < -0.39 is 57.1 Å². The first-order valence-corrected chi connectivity index (χ1v) is 19.4. The standard InChI is InChI=1S/C36H38ClN6O12P/c1-22(44)10-15-28(45)50-19-27-31(55-56(47,51-18-6-16-38)54-26-8-4-3-7-25(26)37)32(53-29-9-5-17-49-29)36(52-27)43-21-41-30-33(39-20-40-34(30)43)42-35(46)23-11-13-24(48-2)14-12-23/h3-4,7-8,11-14,20-21,27,29,31-32,36H,5-6,9-10,15,17-19H2,1-2H3,(H,39,40,42,46)/t27-,29?,31-,32-,36-,56?/m1/s1. The average Bonchev–Trinajstić information content (AvgIpc) is 3.94. The number of imidazole rings is 1. The van der Waals surface area contributed by atoms with Crippen LogP contribution in [0.1, 0.15) is 55.6 Å². The van der Waals surface area contributed by atoms with Gasteiger partial charge in [0.1, 0.15) is 48.5 Å². The molecular formula is C36H38ClN6O12P. The molecule has 0 radical (unpaired) electrons. The van der Waals surface area contributed by atoms with Crippen molar-refractivity contribution in [2.45, 2.75) is 69.9 Å². The molecule has 20 heteroatoms. The van der Waals surface area contributed by atoms with Crippen LogP contribution in [0.3, 0.4) is 0 Å². The zero-order chi connectivity index (χ0) is 39.7. The van der Waals surface area contributed by atoms with E-state index in [9.17, 15) is 24.2 Å². The largest absolute Gasteiger partial charge is 0.530 e. The number of carbonyl (C=O) groups excluding carboxylic acids is 3. The molecule has 2 aromatic carbocycles. The van der Waals surface area contributed by atoms with Crippen LogP contribution in [0, 0.1) is 11.3 Å². The topological polar surface area (TPSA) is 222 Å². The number of nitrogens with one attached hydrogen (secondary N) is 1. The van der Waals surface area contributed by atoms with Crippen molar-refractivity contribution in [2.75, 3.05) is 32.2 Å². The number of aromatic nitrogens is 4. The molecule has 2 unspecified atom stereocenters. The Morgan fingerprint density at radius 3 is 2.61 bits per heavy atom. The fraction of sp³-hybridized carbons (Fsp3) is 0.417. The minimum absolute atomic E-state index is 0.0322. The molecule has 4 aromatic rings. The van der Waals surface area contributed by atoms with Crippen molar-refractivity contribution in [2.24, 2.45) is 0 Å². The number of rotatable bonds is 18. The molecule has 4 heterocycles. The molecule has 0 spiro atoms. The number of nitrogens with zero attached hydrogens (tertiary/aromatic N) is 5. The van der Waals surface area contributed by atoms with Gasteiger partial charge in [0.15, 0.2) is 29.5 Å². The number of methoxy groups -OCH3 is 1. The molecule has 0 aliphatic carbocycles. The molecule has 56 heavy (non-hydrogen) atoms. The highest BCUT2D eigenvalue weighted by Gasteiger charge is 2.53. The molecule has 2 aliphatic rings. The molecule has 2 saturated heterocycles. The first-order chi connectivity index (χ1) is 27.1. The zero-order valence-electron chi connectivity index (χ0n) is 30.3. The van der Waals surface area contributed by atoms with Crippen LogP contribution in [0.15, 0.2) is 61.2 Å². The van der Waals surface area contributed by atoms with Crippen LogP contribution < -0.4 is 14.6 Å². The van der Waals surface area contributed by atoms with Crippen molar-refractivity contribution in [3.63, 3.8) is 0 Å². The summed E-state index contributed by atoms with van der Waals surface area (Å²) in [5.74, 6) is -0.725. The van der Waals surface area contributed by atoms with Crippen LogP contribution in [-0.2, 0) is 42.1 Å². The lowest BCUT2D eigenvalue weighted by Gasteiger charge is -2.29. The summed E-state index contributed by atoms with van der Waals surface area (Å²) >= 11 is 6.34. The van der Waals surface area contributed by atoms with Crippen molar-refractivity contribution in [1.29, 1.82) is 5.26 Å². The fourth-order valence-electron chi connectivity index (χ4n) is 5.82. The van der Waals surface area contributed by atoms with Crippen LogP contribution in [0.5, 0.6) is 11.5 Å². The number of fused-ring (bicyclic) bond motifs is 1. The molecule has 0 saturated carbocycles. The Hall–Kier alpha value is -4.99. The van der Waals surface area contributed by atoms with Crippen molar-refractivity contribution >= 4 is 54.1 Å². The molecule has 1 N–H and O–H groups in total. The minimum atomic E-state index is -4.68. The normalized spacial score (nSPS) is 21.6. The number of benzene rings is 2. The SMILES string of the molecule is COc1ccc(C(=O)Nc2ncnc3c2ncn3[C@@H]2O[C@H](COC(=O)CCC(C)=O)[C@@H](OP(=O)(OCCC#N)Oc3ccccc3Cl)[C@H]2OC2CCCO2)cc1. The molecule has 296 valence electrons. The van der Waals surface area contributed by atoms with Crippen molar-refractivity contribution in [3.05, 3.63) is 71.8 Å². The second kappa shape index (κ2) is 18.8. The van der Waals surface area contributed by atoms with Crippen molar-refractivity contribution < 1.29 is 56.2 Å². The second-order valence-electron chi connectivity index (χ2n) is 12.5. The van der Waals surface area contributed by atoms with Crippen LogP contribution in [-0.4, -0.2) is 88.7 Å². The van der Waals surface area contributed by atoms with Gasteiger partial charge in [0, 0.05) is 25.0 Å². The summed E-state index contributed by atoms with van der Waals surface area (Å²) in [7, 11) is -3.16. The minimum Gasteiger partial charge on any atom is -0.497 e. The number of hydrogen-bond acceptors (Lipinski definition) is 16. The third-order valence-electron chi connectivity index (χ3n) is 8.55. The van der Waals surface area contributed by atoms with E-state index in [0.717, 1.165) is 0 Å². The van der Waals surface area contributed by atoms with E-state index in [0.29, 0.717) is 30.8 Å². The summed E-state index contributed by atoms with van der Waals surface area (Å²) in [6.45, 7) is 0.978. The Kier molecular flexibility index (Phi) is 13.6. The molecule has 1 amide bonds. The maximum absolute atomic E-state index is 14.5. The summed E-state index contributed by atoms with van der Waals surface area (Å²) < 4.78 is 63.1. The molecule has 6 rings (SSSR count). The van der Waals surface area contributed by atoms with Crippen molar-refractivity contribution in [1.82, 2.24) is 19.5 Å². The third kappa shape index (κ3) is 10.1. The molecule has 0 bridgehead atoms. The average molecular weight is 813 g/mol. The number of ether oxygens (including phenoxy) is 5. The van der Waals surface area contributed by atoms with Gasteiger partial charge in [0.25, 0.3) is 5.91 Å².